The van der Waals surface area contributed by atoms with Gasteiger partial charge in [-0.15, -0.1) is 0 Å². The molecule has 2 unspecified atom stereocenters. The second kappa shape index (κ2) is 7.26. The van der Waals surface area contributed by atoms with Gasteiger partial charge in [0.25, 0.3) is 0 Å². The zero-order valence-electron chi connectivity index (χ0n) is 11.8. The lowest BCUT2D eigenvalue weighted by atomic mass is 9.87. The van der Waals surface area contributed by atoms with E-state index < -0.39 is 11.4 Å². The predicted molar refractivity (Wildman–Crippen MR) is 76.4 cm³/mol. The predicted octanol–water partition coefficient (Wildman–Crippen LogP) is 1.92. The number of rotatable bonds is 8. The van der Waals surface area contributed by atoms with Crippen LogP contribution in [-0.2, 0) is 15.1 Å². The summed E-state index contributed by atoms with van der Waals surface area (Å²) in [5.41, 5.74) is 11.2. The molecule has 1 aromatic carbocycles. The Kier molecular flexibility index (Phi) is 5.99. The van der Waals surface area contributed by atoms with Crippen molar-refractivity contribution < 1.29 is 9.53 Å². The Labute approximate surface area is 115 Å². The van der Waals surface area contributed by atoms with Crippen molar-refractivity contribution in [1.29, 1.82) is 0 Å². The van der Waals surface area contributed by atoms with Gasteiger partial charge in [-0.3, -0.25) is 4.79 Å². The van der Waals surface area contributed by atoms with Crippen LogP contribution in [0.3, 0.4) is 0 Å². The fourth-order valence-electron chi connectivity index (χ4n) is 2.06. The molecule has 0 radical (unpaired) electrons. The molecule has 1 amide bonds. The molecular weight excluding hydrogens is 240 g/mol. The van der Waals surface area contributed by atoms with Gasteiger partial charge < -0.3 is 16.2 Å². The standard InChI is InChI=1S/C15H24N2O2/c1-3-7-12(2)19-11-10-15(17,14(16)18)13-8-5-4-6-9-13/h4-6,8-9,12H,3,7,10-11,17H2,1-2H3,(H2,16,18). The molecule has 0 saturated heterocycles. The molecule has 0 spiro atoms. The smallest absolute Gasteiger partial charge is 0.242 e. The maximum Gasteiger partial charge on any atom is 0.242 e. The maximum absolute atomic E-state index is 11.7. The third-order valence-corrected chi connectivity index (χ3v) is 3.32. The highest BCUT2D eigenvalue weighted by molar-refractivity contribution is 5.85. The zero-order valence-corrected chi connectivity index (χ0v) is 11.8. The molecule has 1 aromatic rings. The largest absolute Gasteiger partial charge is 0.378 e. The van der Waals surface area contributed by atoms with E-state index >= 15 is 0 Å². The van der Waals surface area contributed by atoms with Crippen molar-refractivity contribution in [2.24, 2.45) is 11.5 Å². The van der Waals surface area contributed by atoms with E-state index in [2.05, 4.69) is 6.92 Å². The van der Waals surface area contributed by atoms with Gasteiger partial charge in [0, 0.05) is 13.0 Å². The van der Waals surface area contributed by atoms with Gasteiger partial charge in [0.2, 0.25) is 5.91 Å². The summed E-state index contributed by atoms with van der Waals surface area (Å²) in [7, 11) is 0. The van der Waals surface area contributed by atoms with E-state index in [9.17, 15) is 4.79 Å². The number of nitrogens with two attached hydrogens (primary N) is 2. The quantitative estimate of drug-likeness (QED) is 0.753. The van der Waals surface area contributed by atoms with E-state index in [4.69, 9.17) is 16.2 Å². The molecule has 0 aliphatic carbocycles. The highest BCUT2D eigenvalue weighted by Gasteiger charge is 2.33. The molecule has 0 fully saturated rings. The Morgan fingerprint density at radius 2 is 2.00 bits per heavy atom. The Morgan fingerprint density at radius 1 is 1.37 bits per heavy atom. The number of carbonyl (C=O) groups is 1. The minimum Gasteiger partial charge on any atom is -0.378 e. The van der Waals surface area contributed by atoms with Gasteiger partial charge in [-0.25, -0.2) is 0 Å². The fraction of sp³-hybridized carbons (Fsp3) is 0.533. The fourth-order valence-corrected chi connectivity index (χ4v) is 2.06. The molecule has 0 aliphatic rings. The summed E-state index contributed by atoms with van der Waals surface area (Å²) in [6, 6.07) is 9.21. The molecule has 19 heavy (non-hydrogen) atoms. The second-order valence-electron chi connectivity index (χ2n) is 4.92. The first kappa shape index (κ1) is 15.7. The van der Waals surface area contributed by atoms with Crippen LogP contribution in [0, 0.1) is 0 Å². The van der Waals surface area contributed by atoms with Gasteiger partial charge in [-0.1, -0.05) is 43.7 Å². The first-order chi connectivity index (χ1) is 9.00. The molecule has 106 valence electrons. The molecule has 4 nitrogen and oxygen atoms in total. The van der Waals surface area contributed by atoms with Crippen LogP contribution in [0.5, 0.6) is 0 Å². The van der Waals surface area contributed by atoms with Gasteiger partial charge in [0.1, 0.15) is 5.54 Å². The summed E-state index contributed by atoms with van der Waals surface area (Å²) in [5, 5.41) is 0. The lowest BCUT2D eigenvalue weighted by molar-refractivity contribution is -0.124. The molecule has 0 aromatic heterocycles. The highest BCUT2D eigenvalue weighted by Crippen LogP contribution is 2.22. The Balaban J connectivity index is 2.66. The van der Waals surface area contributed by atoms with Crippen molar-refractivity contribution in [3.8, 4) is 0 Å². The van der Waals surface area contributed by atoms with Crippen LogP contribution in [-0.4, -0.2) is 18.6 Å². The van der Waals surface area contributed by atoms with Crippen LogP contribution in [0.15, 0.2) is 30.3 Å². The van der Waals surface area contributed by atoms with E-state index in [0.29, 0.717) is 13.0 Å². The average molecular weight is 264 g/mol. The van der Waals surface area contributed by atoms with Crippen LogP contribution < -0.4 is 11.5 Å². The van der Waals surface area contributed by atoms with Crippen LogP contribution in [0.1, 0.15) is 38.7 Å². The number of ether oxygens (including phenoxy) is 1. The third kappa shape index (κ3) is 4.33. The number of amides is 1. The minimum absolute atomic E-state index is 0.179. The van der Waals surface area contributed by atoms with Crippen molar-refractivity contribution >= 4 is 5.91 Å². The lowest BCUT2D eigenvalue weighted by Crippen LogP contribution is -2.50. The van der Waals surface area contributed by atoms with Gasteiger partial charge in [-0.2, -0.15) is 0 Å². The minimum atomic E-state index is -1.16. The van der Waals surface area contributed by atoms with E-state index in [1.165, 1.54) is 0 Å². The maximum atomic E-state index is 11.7. The van der Waals surface area contributed by atoms with Crippen molar-refractivity contribution in [1.82, 2.24) is 0 Å². The molecule has 1 rings (SSSR count). The number of hydrogen-bond donors (Lipinski definition) is 2. The SMILES string of the molecule is CCCC(C)OCCC(N)(C(N)=O)c1ccccc1. The van der Waals surface area contributed by atoms with Gasteiger partial charge in [0.05, 0.1) is 6.10 Å². The highest BCUT2D eigenvalue weighted by atomic mass is 16.5. The molecule has 2 atom stereocenters. The monoisotopic (exact) mass is 264 g/mol. The summed E-state index contributed by atoms with van der Waals surface area (Å²) < 4.78 is 5.66. The van der Waals surface area contributed by atoms with Crippen molar-refractivity contribution in [2.75, 3.05) is 6.61 Å². The molecule has 4 N–H and O–H groups in total. The Morgan fingerprint density at radius 3 is 2.53 bits per heavy atom. The van der Waals surface area contributed by atoms with E-state index in [0.717, 1.165) is 18.4 Å². The third-order valence-electron chi connectivity index (χ3n) is 3.32. The summed E-state index contributed by atoms with van der Waals surface area (Å²) >= 11 is 0. The number of hydrogen-bond acceptors (Lipinski definition) is 3. The van der Waals surface area contributed by atoms with Crippen LogP contribution >= 0.6 is 0 Å². The molecule has 4 heteroatoms. The summed E-state index contributed by atoms with van der Waals surface area (Å²) in [5.74, 6) is -0.523. The van der Waals surface area contributed by atoms with Crippen LogP contribution in [0.4, 0.5) is 0 Å². The van der Waals surface area contributed by atoms with Crippen molar-refractivity contribution in [2.45, 2.75) is 44.8 Å². The summed E-state index contributed by atoms with van der Waals surface area (Å²) in [6.07, 6.45) is 2.64. The topological polar surface area (TPSA) is 78.3 Å². The average Bonchev–Trinajstić information content (AvgIpc) is 2.39. The molecule has 0 bridgehead atoms. The normalized spacial score (nSPS) is 15.7. The molecular formula is C15H24N2O2. The van der Waals surface area contributed by atoms with Crippen LogP contribution in [0.25, 0.3) is 0 Å². The van der Waals surface area contributed by atoms with E-state index in [-0.39, 0.29) is 6.10 Å². The second-order valence-corrected chi connectivity index (χ2v) is 4.92. The number of benzene rings is 1. The van der Waals surface area contributed by atoms with Gasteiger partial charge in [-0.05, 0) is 18.9 Å². The molecule has 0 heterocycles. The zero-order chi connectivity index (χ0) is 14.3. The lowest BCUT2D eigenvalue weighted by Gasteiger charge is -2.27. The van der Waals surface area contributed by atoms with Gasteiger partial charge >= 0.3 is 0 Å². The Hall–Kier alpha value is -1.39. The van der Waals surface area contributed by atoms with Gasteiger partial charge in [0.15, 0.2) is 0 Å². The summed E-state index contributed by atoms with van der Waals surface area (Å²) in [6.45, 7) is 4.56. The van der Waals surface area contributed by atoms with Crippen molar-refractivity contribution in [3.05, 3.63) is 35.9 Å². The van der Waals surface area contributed by atoms with Crippen LogP contribution in [0.2, 0.25) is 0 Å². The van der Waals surface area contributed by atoms with E-state index in [1.54, 1.807) is 0 Å². The molecule has 0 saturated carbocycles. The first-order valence-corrected chi connectivity index (χ1v) is 6.76. The van der Waals surface area contributed by atoms with E-state index in [1.807, 2.05) is 37.3 Å². The molecule has 0 aliphatic heterocycles. The summed E-state index contributed by atoms with van der Waals surface area (Å²) in [4.78, 5) is 11.7. The Bertz CT molecular complexity index is 394. The number of primary amides is 1. The first-order valence-electron chi connectivity index (χ1n) is 6.76. The van der Waals surface area contributed by atoms with Crippen molar-refractivity contribution in [3.63, 3.8) is 0 Å². The number of carbonyl (C=O) groups excluding carboxylic acids is 1.